The highest BCUT2D eigenvalue weighted by atomic mass is 19.1. The highest BCUT2D eigenvalue weighted by Crippen LogP contribution is 2.38. The number of nitrogens with one attached hydrogen (secondary N) is 1. The van der Waals surface area contributed by atoms with Crippen LogP contribution >= 0.6 is 0 Å². The molecule has 4 heterocycles. The van der Waals surface area contributed by atoms with Gasteiger partial charge in [0.15, 0.2) is 11.6 Å². The smallest absolute Gasteiger partial charge is 0.261 e. The van der Waals surface area contributed by atoms with Crippen LogP contribution in [-0.2, 0) is 4.74 Å². The Bertz CT molecular complexity index is 1140. The fourth-order valence-electron chi connectivity index (χ4n) is 4.90. The first kappa shape index (κ1) is 22.0. The van der Waals surface area contributed by atoms with Crippen molar-refractivity contribution in [2.75, 3.05) is 38.3 Å². The van der Waals surface area contributed by atoms with E-state index in [0.717, 1.165) is 63.1 Å². The van der Waals surface area contributed by atoms with E-state index in [9.17, 15) is 4.39 Å². The first-order valence-electron chi connectivity index (χ1n) is 11.6. The molecule has 5 rings (SSSR count). The second kappa shape index (κ2) is 9.23. The summed E-state index contributed by atoms with van der Waals surface area (Å²) < 4.78 is 31.4. The van der Waals surface area contributed by atoms with Crippen LogP contribution < -0.4 is 15.0 Å². The van der Waals surface area contributed by atoms with E-state index in [1.165, 1.54) is 13.2 Å². The van der Waals surface area contributed by atoms with Crippen LogP contribution in [0.25, 0.3) is 22.4 Å². The number of benzene rings is 1. The Kier molecular flexibility index (Phi) is 6.16. The molecule has 2 saturated heterocycles. The fraction of sp³-hybridized carbons (Fsp3) is 0.542. The normalized spacial score (nSPS) is 19.9. The number of aryl methyl sites for hydroxylation is 2. The summed E-state index contributed by atoms with van der Waals surface area (Å²) in [5.74, 6) is 1.67. The molecule has 176 valence electrons. The molecule has 2 aromatic heterocycles. The molecule has 0 radical (unpaired) electrons. The lowest BCUT2D eigenvalue weighted by molar-refractivity contribution is 0.0650. The number of hydrogen-bond acceptors (Lipinski definition) is 8. The minimum atomic E-state index is -0.407. The van der Waals surface area contributed by atoms with Gasteiger partial charge in [-0.05, 0) is 51.2 Å². The molecule has 0 spiro atoms. The third kappa shape index (κ3) is 4.39. The van der Waals surface area contributed by atoms with Gasteiger partial charge in [-0.25, -0.2) is 9.37 Å². The molecule has 0 amide bonds. The Morgan fingerprint density at radius 2 is 1.94 bits per heavy atom. The number of methoxy groups -OCH3 is 1. The topological polar surface area (TPSA) is 85.5 Å². The Hall–Kier alpha value is -2.78. The van der Waals surface area contributed by atoms with Crippen LogP contribution in [0.4, 0.5) is 10.2 Å². The van der Waals surface area contributed by atoms with E-state index in [1.807, 2.05) is 6.92 Å². The second-order valence-corrected chi connectivity index (χ2v) is 8.93. The standard InChI is InChI=1S/C24H30FN5O3/c1-14-19-11-18(31-3)12-20(25)22(19)28-23(21(14)24-26-15(2)29-33-24)30-8-6-16(7-9-30)27-17-5-4-10-32-13-17/h11-12,16-17,27H,4-10,13H2,1-3H3/t17-/m0/s1. The fourth-order valence-corrected chi connectivity index (χ4v) is 4.90. The number of nitrogens with zero attached hydrogens (tertiary/aromatic N) is 4. The number of anilines is 1. The van der Waals surface area contributed by atoms with Crippen LogP contribution in [0.15, 0.2) is 16.7 Å². The highest BCUT2D eigenvalue weighted by molar-refractivity contribution is 5.93. The zero-order chi connectivity index (χ0) is 22.9. The van der Waals surface area contributed by atoms with Crippen molar-refractivity contribution in [1.29, 1.82) is 0 Å². The predicted octanol–water partition coefficient (Wildman–Crippen LogP) is 3.79. The van der Waals surface area contributed by atoms with Gasteiger partial charge in [0.2, 0.25) is 0 Å². The molecule has 1 aromatic carbocycles. The van der Waals surface area contributed by atoms with Crippen LogP contribution in [0, 0.1) is 19.7 Å². The Morgan fingerprint density at radius 1 is 1.12 bits per heavy atom. The molecule has 0 unspecified atom stereocenters. The lowest BCUT2D eigenvalue weighted by Crippen LogP contribution is -2.48. The number of hydrogen-bond donors (Lipinski definition) is 1. The van der Waals surface area contributed by atoms with Gasteiger partial charge in [0.25, 0.3) is 5.89 Å². The summed E-state index contributed by atoms with van der Waals surface area (Å²) in [6.45, 7) is 6.99. The molecular formula is C24H30FN5O3. The van der Waals surface area contributed by atoms with Crippen LogP contribution in [0.3, 0.4) is 0 Å². The van der Waals surface area contributed by atoms with Crippen molar-refractivity contribution in [3.05, 3.63) is 29.3 Å². The van der Waals surface area contributed by atoms with Crippen LogP contribution in [0.5, 0.6) is 5.75 Å². The minimum absolute atomic E-state index is 0.322. The van der Waals surface area contributed by atoms with Crippen molar-refractivity contribution < 1.29 is 18.4 Å². The van der Waals surface area contributed by atoms with Gasteiger partial charge in [-0.1, -0.05) is 5.16 Å². The maximum absolute atomic E-state index is 15.0. The first-order chi connectivity index (χ1) is 16.0. The third-order valence-corrected chi connectivity index (χ3v) is 6.66. The largest absolute Gasteiger partial charge is 0.497 e. The Balaban J connectivity index is 1.48. The van der Waals surface area contributed by atoms with Crippen LogP contribution in [0.2, 0.25) is 0 Å². The van der Waals surface area contributed by atoms with Gasteiger partial charge in [-0.15, -0.1) is 0 Å². The number of aromatic nitrogens is 3. The number of halogens is 1. The number of pyridine rings is 1. The molecule has 3 aromatic rings. The van der Waals surface area contributed by atoms with Crippen molar-refractivity contribution in [3.63, 3.8) is 0 Å². The summed E-state index contributed by atoms with van der Waals surface area (Å²) in [5, 5.41) is 8.41. The lowest BCUT2D eigenvalue weighted by Gasteiger charge is -2.36. The number of rotatable bonds is 5. The summed E-state index contributed by atoms with van der Waals surface area (Å²) in [6.07, 6.45) is 4.22. The van der Waals surface area contributed by atoms with Gasteiger partial charge in [0.1, 0.15) is 17.1 Å². The molecule has 2 aliphatic rings. The van der Waals surface area contributed by atoms with Gasteiger partial charge in [-0.3, -0.25) is 0 Å². The van der Waals surface area contributed by atoms with E-state index in [4.69, 9.17) is 19.0 Å². The Labute approximate surface area is 192 Å². The van der Waals surface area contributed by atoms with Crippen molar-refractivity contribution in [3.8, 4) is 17.2 Å². The van der Waals surface area contributed by atoms with Crippen molar-refractivity contribution in [1.82, 2.24) is 20.4 Å². The van der Waals surface area contributed by atoms with Gasteiger partial charge < -0.3 is 24.2 Å². The number of piperidine rings is 1. The van der Waals surface area contributed by atoms with Crippen LogP contribution in [0.1, 0.15) is 37.1 Å². The van der Waals surface area contributed by atoms with Crippen molar-refractivity contribution >= 4 is 16.7 Å². The molecule has 2 fully saturated rings. The molecule has 1 N–H and O–H groups in total. The predicted molar refractivity (Wildman–Crippen MR) is 123 cm³/mol. The van der Waals surface area contributed by atoms with Crippen LogP contribution in [-0.4, -0.2) is 60.6 Å². The average Bonchev–Trinajstić information content (AvgIpc) is 3.26. The van der Waals surface area contributed by atoms with E-state index in [-0.39, 0.29) is 0 Å². The molecule has 0 bridgehead atoms. The molecular weight excluding hydrogens is 425 g/mol. The molecule has 0 aliphatic carbocycles. The average molecular weight is 456 g/mol. The van der Waals surface area contributed by atoms with Crippen molar-refractivity contribution in [2.24, 2.45) is 0 Å². The summed E-state index contributed by atoms with van der Waals surface area (Å²) >= 11 is 0. The Morgan fingerprint density at radius 3 is 2.61 bits per heavy atom. The van der Waals surface area contributed by atoms with E-state index in [1.54, 1.807) is 13.0 Å². The summed E-state index contributed by atoms with van der Waals surface area (Å²) in [6, 6.07) is 4.04. The van der Waals surface area contributed by atoms with E-state index in [2.05, 4.69) is 20.4 Å². The molecule has 1 atom stereocenters. The van der Waals surface area contributed by atoms with Gasteiger partial charge >= 0.3 is 0 Å². The lowest BCUT2D eigenvalue weighted by atomic mass is 9.99. The first-order valence-corrected chi connectivity index (χ1v) is 11.6. The highest BCUT2D eigenvalue weighted by Gasteiger charge is 2.29. The van der Waals surface area contributed by atoms with E-state index in [0.29, 0.717) is 46.3 Å². The summed E-state index contributed by atoms with van der Waals surface area (Å²) in [5.41, 5.74) is 1.92. The SMILES string of the molecule is COc1cc(F)c2nc(N3CCC(N[C@H]4CCCOC4)CC3)c(-c3nc(C)no3)c(C)c2c1. The molecule has 0 saturated carbocycles. The second-order valence-electron chi connectivity index (χ2n) is 8.93. The van der Waals surface area contributed by atoms with Crippen molar-refractivity contribution in [2.45, 2.75) is 51.6 Å². The molecule has 33 heavy (non-hydrogen) atoms. The van der Waals surface area contributed by atoms with E-state index >= 15 is 0 Å². The summed E-state index contributed by atoms with van der Waals surface area (Å²) in [4.78, 5) is 11.5. The molecule has 9 heteroatoms. The molecule has 2 aliphatic heterocycles. The quantitative estimate of drug-likeness (QED) is 0.622. The minimum Gasteiger partial charge on any atom is -0.497 e. The molecule has 8 nitrogen and oxygen atoms in total. The maximum Gasteiger partial charge on any atom is 0.261 e. The monoisotopic (exact) mass is 455 g/mol. The van der Waals surface area contributed by atoms with E-state index < -0.39 is 5.82 Å². The summed E-state index contributed by atoms with van der Waals surface area (Å²) in [7, 11) is 1.53. The number of fused-ring (bicyclic) bond motifs is 1. The third-order valence-electron chi connectivity index (χ3n) is 6.66. The zero-order valence-corrected chi connectivity index (χ0v) is 19.4. The maximum atomic E-state index is 15.0. The van der Waals surface area contributed by atoms with Gasteiger partial charge in [0, 0.05) is 43.2 Å². The zero-order valence-electron chi connectivity index (χ0n) is 19.4. The number of ether oxygens (including phenoxy) is 2. The van der Waals surface area contributed by atoms with Gasteiger partial charge in [0.05, 0.1) is 19.3 Å². The van der Waals surface area contributed by atoms with Gasteiger partial charge in [-0.2, -0.15) is 4.98 Å².